The number of hydrogen-bond donors (Lipinski definition) is 1. The van der Waals surface area contributed by atoms with Crippen LogP contribution in [0.2, 0.25) is 0 Å². The molecule has 2 aromatic carbocycles. The highest BCUT2D eigenvalue weighted by Gasteiger charge is 2.28. The van der Waals surface area contributed by atoms with Crippen LogP contribution in [0.25, 0.3) is 0 Å². The number of Topliss-reactive ketones (excluding diaryl/α,β-unsaturated/α-hetero) is 1. The summed E-state index contributed by atoms with van der Waals surface area (Å²) in [6, 6.07) is 17.6. The van der Waals surface area contributed by atoms with Gasteiger partial charge in [-0.05, 0) is 36.8 Å². The quantitative estimate of drug-likeness (QED) is 0.784. The molecule has 1 N–H and O–H groups in total. The van der Waals surface area contributed by atoms with E-state index >= 15 is 0 Å². The Kier molecular flexibility index (Phi) is 6.20. The number of ketones is 1. The van der Waals surface area contributed by atoms with Gasteiger partial charge >= 0.3 is 0 Å². The van der Waals surface area contributed by atoms with Gasteiger partial charge in [-0.2, -0.15) is 0 Å². The van der Waals surface area contributed by atoms with Gasteiger partial charge in [-0.25, -0.2) is 0 Å². The monoisotopic (exact) mass is 340 g/mol. The second kappa shape index (κ2) is 8.79. The SMILES string of the molecule is CCOc1ccc(C(=O)[C@H](C[NH+]2CCOCC2)c2ccccc2)cc1. The molecule has 1 atom stereocenters. The van der Waals surface area contributed by atoms with Crippen LogP contribution in [0.4, 0.5) is 0 Å². The zero-order valence-electron chi connectivity index (χ0n) is 14.7. The molecule has 0 aliphatic carbocycles. The van der Waals surface area contributed by atoms with Crippen LogP contribution in [0, 0.1) is 0 Å². The fraction of sp³-hybridized carbons (Fsp3) is 0.381. The van der Waals surface area contributed by atoms with Crippen molar-refractivity contribution in [3.8, 4) is 5.75 Å². The van der Waals surface area contributed by atoms with E-state index in [0.29, 0.717) is 6.61 Å². The molecular weight excluding hydrogens is 314 g/mol. The fourth-order valence-corrected chi connectivity index (χ4v) is 3.28. The second-order valence-corrected chi connectivity index (χ2v) is 6.35. The molecule has 132 valence electrons. The summed E-state index contributed by atoms with van der Waals surface area (Å²) in [5.41, 5.74) is 1.82. The minimum atomic E-state index is -0.132. The first kappa shape index (κ1) is 17.6. The van der Waals surface area contributed by atoms with Gasteiger partial charge in [-0.1, -0.05) is 30.3 Å². The average Bonchev–Trinajstić information content (AvgIpc) is 2.68. The summed E-state index contributed by atoms with van der Waals surface area (Å²) in [6.45, 7) is 6.84. The van der Waals surface area contributed by atoms with Crippen LogP contribution in [-0.2, 0) is 4.74 Å². The average molecular weight is 340 g/mol. The van der Waals surface area contributed by atoms with E-state index in [-0.39, 0.29) is 11.7 Å². The maximum Gasteiger partial charge on any atom is 0.175 e. The molecule has 1 fully saturated rings. The normalized spacial score (nSPS) is 16.4. The highest BCUT2D eigenvalue weighted by Crippen LogP contribution is 2.21. The van der Waals surface area contributed by atoms with Gasteiger partial charge in [0.2, 0.25) is 0 Å². The lowest BCUT2D eigenvalue weighted by Crippen LogP contribution is -3.14. The van der Waals surface area contributed by atoms with Crippen LogP contribution < -0.4 is 9.64 Å². The Hall–Kier alpha value is -2.17. The van der Waals surface area contributed by atoms with Crippen molar-refractivity contribution in [1.82, 2.24) is 0 Å². The molecule has 0 spiro atoms. The topological polar surface area (TPSA) is 40.0 Å². The van der Waals surface area contributed by atoms with Crippen molar-refractivity contribution in [3.05, 3.63) is 65.7 Å². The van der Waals surface area contributed by atoms with Crippen LogP contribution >= 0.6 is 0 Å². The zero-order chi connectivity index (χ0) is 17.5. The van der Waals surface area contributed by atoms with Crippen LogP contribution in [0.15, 0.2) is 54.6 Å². The van der Waals surface area contributed by atoms with Crippen LogP contribution in [0.1, 0.15) is 28.8 Å². The van der Waals surface area contributed by atoms with Crippen LogP contribution in [-0.4, -0.2) is 45.2 Å². The van der Waals surface area contributed by atoms with Crippen molar-refractivity contribution >= 4 is 5.78 Å². The van der Waals surface area contributed by atoms with Gasteiger partial charge in [0.15, 0.2) is 5.78 Å². The summed E-state index contributed by atoms with van der Waals surface area (Å²) in [5, 5.41) is 0. The van der Waals surface area contributed by atoms with Gasteiger partial charge in [-0.3, -0.25) is 4.79 Å². The highest BCUT2D eigenvalue weighted by atomic mass is 16.5. The van der Waals surface area contributed by atoms with Crippen molar-refractivity contribution < 1.29 is 19.2 Å². The van der Waals surface area contributed by atoms with E-state index in [0.717, 1.165) is 49.7 Å². The number of carbonyl (C=O) groups excluding carboxylic acids is 1. The van der Waals surface area contributed by atoms with Gasteiger partial charge in [0.05, 0.1) is 32.3 Å². The Morgan fingerprint density at radius 2 is 1.76 bits per heavy atom. The van der Waals surface area contributed by atoms with Crippen molar-refractivity contribution in [2.24, 2.45) is 0 Å². The fourth-order valence-electron chi connectivity index (χ4n) is 3.28. The Morgan fingerprint density at radius 3 is 2.40 bits per heavy atom. The number of quaternary nitrogens is 1. The number of ether oxygens (including phenoxy) is 2. The predicted molar refractivity (Wildman–Crippen MR) is 97.5 cm³/mol. The molecule has 1 saturated heterocycles. The number of rotatable bonds is 7. The Labute approximate surface area is 149 Å². The summed E-state index contributed by atoms with van der Waals surface area (Å²) in [5.74, 6) is 0.842. The minimum absolute atomic E-state index is 0.132. The lowest BCUT2D eigenvalue weighted by molar-refractivity contribution is -0.908. The van der Waals surface area contributed by atoms with Crippen molar-refractivity contribution in [2.45, 2.75) is 12.8 Å². The Bertz CT molecular complexity index is 663. The van der Waals surface area contributed by atoms with Gasteiger partial charge in [-0.15, -0.1) is 0 Å². The van der Waals surface area contributed by atoms with Gasteiger partial charge < -0.3 is 14.4 Å². The Morgan fingerprint density at radius 1 is 1.08 bits per heavy atom. The lowest BCUT2D eigenvalue weighted by Gasteiger charge is -2.27. The van der Waals surface area contributed by atoms with Gasteiger partial charge in [0.1, 0.15) is 18.8 Å². The first-order valence-corrected chi connectivity index (χ1v) is 9.01. The third-order valence-electron chi connectivity index (χ3n) is 4.66. The molecule has 2 aromatic rings. The number of hydrogen-bond acceptors (Lipinski definition) is 3. The summed E-state index contributed by atoms with van der Waals surface area (Å²) >= 11 is 0. The highest BCUT2D eigenvalue weighted by molar-refractivity contribution is 6.01. The van der Waals surface area contributed by atoms with E-state index in [1.54, 1.807) is 0 Å². The third-order valence-corrected chi connectivity index (χ3v) is 4.66. The van der Waals surface area contributed by atoms with Gasteiger partial charge in [0, 0.05) is 5.56 Å². The molecule has 4 nitrogen and oxygen atoms in total. The molecule has 0 saturated carbocycles. The molecule has 4 heteroatoms. The standard InChI is InChI=1S/C21H25NO3/c1-2-25-19-10-8-18(9-11-19)21(23)20(17-6-4-3-5-7-17)16-22-12-14-24-15-13-22/h3-11,20H,2,12-16H2,1H3/p+1/t20-/m1/s1. The molecule has 0 radical (unpaired) electrons. The maximum absolute atomic E-state index is 13.2. The number of carbonyl (C=O) groups is 1. The predicted octanol–water partition coefficient (Wildman–Crippen LogP) is 1.97. The van der Waals surface area contributed by atoms with Crippen LogP contribution in [0.5, 0.6) is 5.75 Å². The molecule has 0 amide bonds. The molecule has 3 rings (SSSR count). The minimum Gasteiger partial charge on any atom is -0.494 e. The van der Waals surface area contributed by atoms with Crippen molar-refractivity contribution in [1.29, 1.82) is 0 Å². The molecule has 1 heterocycles. The maximum atomic E-state index is 13.2. The van der Waals surface area contributed by atoms with E-state index in [9.17, 15) is 4.79 Å². The summed E-state index contributed by atoms with van der Waals surface area (Å²) in [4.78, 5) is 14.6. The van der Waals surface area contributed by atoms with Crippen LogP contribution in [0.3, 0.4) is 0 Å². The summed E-state index contributed by atoms with van der Waals surface area (Å²) in [6.07, 6.45) is 0. The molecule has 0 bridgehead atoms. The molecule has 0 unspecified atom stereocenters. The molecule has 0 aromatic heterocycles. The third kappa shape index (κ3) is 4.68. The molecule has 1 aliphatic rings. The first-order valence-electron chi connectivity index (χ1n) is 9.01. The smallest absolute Gasteiger partial charge is 0.175 e. The number of nitrogens with one attached hydrogen (secondary N) is 1. The van der Waals surface area contributed by atoms with E-state index < -0.39 is 0 Å². The summed E-state index contributed by atoms with van der Waals surface area (Å²) in [7, 11) is 0. The molecule has 25 heavy (non-hydrogen) atoms. The van der Waals surface area contributed by atoms with E-state index in [1.807, 2.05) is 49.4 Å². The van der Waals surface area contributed by atoms with E-state index in [2.05, 4.69) is 12.1 Å². The second-order valence-electron chi connectivity index (χ2n) is 6.35. The number of benzene rings is 2. The Balaban J connectivity index is 1.81. The first-order chi connectivity index (χ1) is 12.3. The van der Waals surface area contributed by atoms with Crippen molar-refractivity contribution in [2.75, 3.05) is 39.5 Å². The van der Waals surface area contributed by atoms with Gasteiger partial charge in [0.25, 0.3) is 0 Å². The van der Waals surface area contributed by atoms with E-state index in [1.165, 1.54) is 4.90 Å². The molecular formula is C21H26NO3+. The zero-order valence-corrected chi connectivity index (χ0v) is 14.7. The van der Waals surface area contributed by atoms with E-state index in [4.69, 9.17) is 9.47 Å². The number of morpholine rings is 1. The van der Waals surface area contributed by atoms with Crippen molar-refractivity contribution in [3.63, 3.8) is 0 Å². The lowest BCUT2D eigenvalue weighted by atomic mass is 9.90. The summed E-state index contributed by atoms with van der Waals surface area (Å²) < 4.78 is 10.9. The molecule has 1 aliphatic heterocycles. The largest absolute Gasteiger partial charge is 0.494 e.